The first kappa shape index (κ1) is 17.5. The maximum atomic E-state index is 13.3. The molecule has 2 amide bonds. The van der Waals surface area contributed by atoms with E-state index in [-0.39, 0.29) is 52.6 Å². The second kappa shape index (κ2) is 6.20. The fourth-order valence-corrected chi connectivity index (χ4v) is 4.55. The molecule has 2 bridgehead atoms. The third kappa shape index (κ3) is 2.61. The predicted molar refractivity (Wildman–Crippen MR) is 97.9 cm³/mol. The van der Waals surface area contributed by atoms with Gasteiger partial charge in [-0.2, -0.15) is 10.1 Å². The largest absolute Gasteiger partial charge is 0.455 e. The molecule has 5 rings (SSSR count). The number of fused-ring (bicyclic) bond motifs is 5. The van der Waals surface area contributed by atoms with Crippen LogP contribution in [0.3, 0.4) is 0 Å². The van der Waals surface area contributed by atoms with Gasteiger partial charge in [0.1, 0.15) is 17.3 Å². The van der Waals surface area contributed by atoms with E-state index in [4.69, 9.17) is 4.42 Å². The van der Waals surface area contributed by atoms with Gasteiger partial charge in [0.2, 0.25) is 0 Å². The Balaban J connectivity index is 1.39. The van der Waals surface area contributed by atoms with Crippen LogP contribution in [-0.2, 0) is 9.59 Å². The minimum absolute atomic E-state index is 0.0934. The molecule has 8 nitrogen and oxygen atoms in total. The Bertz CT molecular complexity index is 1090. The number of rotatable bonds is 4. The molecule has 1 saturated carbocycles. The Labute approximate surface area is 163 Å². The molecule has 9 heteroatoms. The molecule has 0 N–H and O–H groups in total. The van der Waals surface area contributed by atoms with E-state index >= 15 is 0 Å². The minimum Gasteiger partial charge on any atom is -0.455 e. The highest BCUT2D eigenvalue weighted by molar-refractivity contribution is 6.06. The van der Waals surface area contributed by atoms with Crippen molar-refractivity contribution in [3.8, 4) is 11.3 Å². The van der Waals surface area contributed by atoms with E-state index < -0.39 is 16.4 Å². The van der Waals surface area contributed by atoms with Crippen LogP contribution >= 0.6 is 0 Å². The zero-order chi connectivity index (χ0) is 20.3. The van der Waals surface area contributed by atoms with Crippen LogP contribution in [-0.4, -0.2) is 28.0 Å². The number of hydrogen-bond acceptors (Lipinski definition) is 6. The maximum Gasteiger partial charge on any atom is 0.283 e. The molecule has 4 atom stereocenters. The van der Waals surface area contributed by atoms with Gasteiger partial charge in [-0.3, -0.25) is 19.7 Å². The van der Waals surface area contributed by atoms with Crippen LogP contribution in [0.15, 0.2) is 52.0 Å². The number of hydrazone groups is 1. The number of nitro groups is 1. The first-order valence-corrected chi connectivity index (χ1v) is 9.08. The van der Waals surface area contributed by atoms with Crippen molar-refractivity contribution in [2.45, 2.75) is 6.42 Å². The standard InChI is InChI=1S/C20H14FN3O5/c21-12-3-5-14(15(8-12)24(27)28)16-6-4-13(29-16)9-22-23-19(25)17-10-1-2-11(7-10)18(17)20(23)26/h1-6,8-11,17-18H,7H2/b22-9+. The number of amides is 2. The number of nitro benzene ring substituents is 1. The van der Waals surface area contributed by atoms with Crippen LogP contribution in [0.2, 0.25) is 0 Å². The third-order valence-electron chi connectivity index (χ3n) is 5.80. The third-order valence-corrected chi connectivity index (χ3v) is 5.80. The number of imide groups is 1. The van der Waals surface area contributed by atoms with E-state index in [0.717, 1.165) is 23.6 Å². The van der Waals surface area contributed by atoms with Gasteiger partial charge in [0.05, 0.1) is 34.6 Å². The first-order valence-electron chi connectivity index (χ1n) is 9.08. The van der Waals surface area contributed by atoms with Crippen molar-refractivity contribution in [1.29, 1.82) is 0 Å². The number of allylic oxidation sites excluding steroid dienone is 2. The van der Waals surface area contributed by atoms with Crippen molar-refractivity contribution < 1.29 is 23.3 Å². The van der Waals surface area contributed by atoms with Crippen LogP contribution in [0.5, 0.6) is 0 Å². The van der Waals surface area contributed by atoms with Gasteiger partial charge in [-0.15, -0.1) is 0 Å². The number of nitrogens with zero attached hydrogens (tertiary/aromatic N) is 3. The molecule has 146 valence electrons. The smallest absolute Gasteiger partial charge is 0.283 e. The number of carbonyl (C=O) groups is 2. The highest BCUT2D eigenvalue weighted by Gasteiger charge is 2.59. The SMILES string of the molecule is O=C1C2C3C=CC(C3)C2C(=O)N1/N=C/c1ccc(-c2ccc(F)cc2[N+](=O)[O-])o1. The van der Waals surface area contributed by atoms with Gasteiger partial charge < -0.3 is 4.42 Å². The van der Waals surface area contributed by atoms with Crippen molar-refractivity contribution in [3.05, 3.63) is 64.2 Å². The minimum atomic E-state index is -0.728. The summed E-state index contributed by atoms with van der Waals surface area (Å²) in [5.41, 5.74) is -0.315. The van der Waals surface area contributed by atoms with Gasteiger partial charge in [-0.25, -0.2) is 4.39 Å². The number of benzene rings is 1. The number of halogens is 1. The zero-order valence-corrected chi connectivity index (χ0v) is 14.9. The molecule has 2 heterocycles. The molecule has 1 aromatic carbocycles. The highest BCUT2D eigenvalue weighted by Crippen LogP contribution is 2.52. The van der Waals surface area contributed by atoms with Crippen molar-refractivity contribution in [2.75, 3.05) is 0 Å². The monoisotopic (exact) mass is 395 g/mol. The molecule has 1 saturated heterocycles. The summed E-state index contributed by atoms with van der Waals surface area (Å²) in [7, 11) is 0. The molecule has 2 aromatic rings. The van der Waals surface area contributed by atoms with Crippen LogP contribution in [0.1, 0.15) is 12.2 Å². The molecule has 4 unspecified atom stereocenters. The molecule has 1 aliphatic heterocycles. The summed E-state index contributed by atoms with van der Waals surface area (Å²) in [5, 5.41) is 16.1. The van der Waals surface area contributed by atoms with Crippen LogP contribution in [0, 0.1) is 39.6 Å². The second-order valence-electron chi connectivity index (χ2n) is 7.35. The van der Waals surface area contributed by atoms with Crippen molar-refractivity contribution >= 4 is 23.7 Å². The van der Waals surface area contributed by atoms with E-state index in [2.05, 4.69) is 5.10 Å². The molecule has 3 aliphatic rings. The quantitative estimate of drug-likeness (QED) is 0.260. The first-order chi connectivity index (χ1) is 13.9. The fourth-order valence-electron chi connectivity index (χ4n) is 4.55. The topological polar surface area (TPSA) is 106 Å². The molecule has 29 heavy (non-hydrogen) atoms. The average Bonchev–Trinajstić information content (AvgIpc) is 3.46. The lowest BCUT2D eigenvalue weighted by Gasteiger charge is -2.13. The summed E-state index contributed by atoms with van der Waals surface area (Å²) in [6, 6.07) is 6.15. The predicted octanol–water partition coefficient (Wildman–Crippen LogP) is 3.13. The fraction of sp³-hybridized carbons (Fsp3) is 0.250. The van der Waals surface area contributed by atoms with Gasteiger partial charge in [0, 0.05) is 0 Å². The number of hydrogen-bond donors (Lipinski definition) is 0. The van der Waals surface area contributed by atoms with E-state index in [1.165, 1.54) is 24.4 Å². The van der Waals surface area contributed by atoms with Crippen LogP contribution in [0.25, 0.3) is 11.3 Å². The molecular formula is C20H14FN3O5. The van der Waals surface area contributed by atoms with Crippen LogP contribution in [0.4, 0.5) is 10.1 Å². The normalized spacial score (nSPS) is 27.4. The van der Waals surface area contributed by atoms with E-state index in [1.807, 2.05) is 12.2 Å². The van der Waals surface area contributed by atoms with Gasteiger partial charge >= 0.3 is 0 Å². The van der Waals surface area contributed by atoms with Gasteiger partial charge in [-0.05, 0) is 42.5 Å². The second-order valence-corrected chi connectivity index (χ2v) is 7.35. The summed E-state index contributed by atoms with van der Waals surface area (Å²) in [6.45, 7) is 0. The van der Waals surface area contributed by atoms with Crippen molar-refractivity contribution in [3.63, 3.8) is 0 Å². The Morgan fingerprint density at radius 3 is 2.48 bits per heavy atom. The zero-order valence-electron chi connectivity index (χ0n) is 14.9. The number of carbonyl (C=O) groups excluding carboxylic acids is 2. The van der Waals surface area contributed by atoms with Crippen LogP contribution < -0.4 is 0 Å². The molecule has 1 aromatic heterocycles. The molecule has 0 radical (unpaired) electrons. The summed E-state index contributed by atoms with van der Waals surface area (Å²) < 4.78 is 18.9. The van der Waals surface area contributed by atoms with E-state index in [1.54, 1.807) is 0 Å². The lowest BCUT2D eigenvalue weighted by molar-refractivity contribution is -0.384. The molecule has 2 aliphatic carbocycles. The summed E-state index contributed by atoms with van der Waals surface area (Å²) in [5.74, 6) is -1.50. The molecular weight excluding hydrogens is 381 g/mol. The van der Waals surface area contributed by atoms with Gasteiger partial charge in [0.25, 0.3) is 17.5 Å². The van der Waals surface area contributed by atoms with Gasteiger partial charge in [-0.1, -0.05) is 12.2 Å². The Morgan fingerprint density at radius 2 is 1.83 bits per heavy atom. The maximum absolute atomic E-state index is 13.3. The Hall–Kier alpha value is -3.62. The Kier molecular flexibility index (Phi) is 3.73. The van der Waals surface area contributed by atoms with Crippen molar-refractivity contribution in [2.24, 2.45) is 28.8 Å². The van der Waals surface area contributed by atoms with E-state index in [9.17, 15) is 24.1 Å². The average molecular weight is 395 g/mol. The highest BCUT2D eigenvalue weighted by atomic mass is 19.1. The Morgan fingerprint density at radius 1 is 1.14 bits per heavy atom. The lowest BCUT2D eigenvalue weighted by atomic mass is 9.85. The van der Waals surface area contributed by atoms with Gasteiger partial charge in [0.15, 0.2) is 0 Å². The summed E-state index contributed by atoms with van der Waals surface area (Å²) >= 11 is 0. The van der Waals surface area contributed by atoms with Crippen molar-refractivity contribution in [1.82, 2.24) is 5.01 Å². The molecule has 2 fully saturated rings. The molecule has 0 spiro atoms. The van der Waals surface area contributed by atoms with E-state index in [0.29, 0.717) is 0 Å². The summed E-state index contributed by atoms with van der Waals surface area (Å²) in [4.78, 5) is 35.7. The lowest BCUT2D eigenvalue weighted by Crippen LogP contribution is -2.28. The number of furan rings is 1. The summed E-state index contributed by atoms with van der Waals surface area (Å²) in [6.07, 6.45) is 6.06.